The lowest BCUT2D eigenvalue weighted by atomic mass is 9.89. The van der Waals surface area contributed by atoms with Crippen molar-refractivity contribution in [2.75, 3.05) is 13.2 Å². The number of hydrogen-bond acceptors (Lipinski definition) is 2. The first-order valence-electron chi connectivity index (χ1n) is 6.88. The predicted molar refractivity (Wildman–Crippen MR) is 76.0 cm³/mol. The van der Waals surface area contributed by atoms with Crippen LogP contribution >= 0.6 is 11.6 Å². The Morgan fingerprint density at radius 2 is 2.26 bits per heavy atom. The van der Waals surface area contributed by atoms with Crippen LogP contribution in [0.3, 0.4) is 0 Å². The summed E-state index contributed by atoms with van der Waals surface area (Å²) in [5, 5.41) is 3.62. The minimum absolute atomic E-state index is 0.0121. The summed E-state index contributed by atoms with van der Waals surface area (Å²) in [6.07, 6.45) is 2.22. The van der Waals surface area contributed by atoms with Gasteiger partial charge in [0.25, 0.3) is 0 Å². The van der Waals surface area contributed by atoms with E-state index < -0.39 is 0 Å². The standard InChI is InChI=1S/C15H21ClFNO/c1-10(2)18-9-12-4-3-7-19-15(12)11-5-6-14(17)13(16)8-11/h5-6,8,10,12,15,18H,3-4,7,9H2,1-2H3. The van der Waals surface area contributed by atoms with Crippen molar-refractivity contribution in [3.63, 3.8) is 0 Å². The average molecular weight is 286 g/mol. The van der Waals surface area contributed by atoms with Gasteiger partial charge < -0.3 is 10.1 Å². The molecule has 0 aromatic heterocycles. The van der Waals surface area contributed by atoms with Gasteiger partial charge in [-0.3, -0.25) is 0 Å². The molecule has 1 heterocycles. The second kappa shape index (κ2) is 6.69. The Bertz CT molecular complexity index is 425. The topological polar surface area (TPSA) is 21.3 Å². The third kappa shape index (κ3) is 3.91. The van der Waals surface area contributed by atoms with Crippen LogP contribution in [0.15, 0.2) is 18.2 Å². The van der Waals surface area contributed by atoms with Crippen molar-refractivity contribution in [1.82, 2.24) is 5.32 Å². The average Bonchev–Trinajstić information content (AvgIpc) is 2.40. The molecule has 2 atom stereocenters. The molecule has 0 spiro atoms. The van der Waals surface area contributed by atoms with E-state index in [1.807, 2.05) is 0 Å². The molecule has 1 N–H and O–H groups in total. The van der Waals surface area contributed by atoms with Gasteiger partial charge in [-0.2, -0.15) is 0 Å². The minimum atomic E-state index is -0.377. The number of ether oxygens (including phenoxy) is 1. The van der Waals surface area contributed by atoms with E-state index in [1.54, 1.807) is 12.1 Å². The highest BCUT2D eigenvalue weighted by Crippen LogP contribution is 2.34. The van der Waals surface area contributed by atoms with Crippen LogP contribution in [0.25, 0.3) is 0 Å². The van der Waals surface area contributed by atoms with E-state index in [2.05, 4.69) is 19.2 Å². The van der Waals surface area contributed by atoms with Crippen molar-refractivity contribution < 1.29 is 9.13 Å². The largest absolute Gasteiger partial charge is 0.373 e. The molecule has 2 rings (SSSR count). The van der Waals surface area contributed by atoms with Crippen molar-refractivity contribution in [3.05, 3.63) is 34.6 Å². The van der Waals surface area contributed by atoms with Gasteiger partial charge in [0, 0.05) is 25.1 Å². The molecule has 2 nitrogen and oxygen atoms in total. The fourth-order valence-corrected chi connectivity index (χ4v) is 2.69. The lowest BCUT2D eigenvalue weighted by molar-refractivity contribution is -0.0282. The third-order valence-corrected chi connectivity index (χ3v) is 3.79. The van der Waals surface area contributed by atoms with Crippen LogP contribution in [0.1, 0.15) is 38.4 Å². The summed E-state index contributed by atoms with van der Waals surface area (Å²) in [5.74, 6) is 0.0377. The zero-order valence-electron chi connectivity index (χ0n) is 11.5. The summed E-state index contributed by atoms with van der Waals surface area (Å²) in [6.45, 7) is 5.94. The quantitative estimate of drug-likeness (QED) is 0.904. The first-order valence-corrected chi connectivity index (χ1v) is 7.25. The molecule has 0 saturated carbocycles. The van der Waals surface area contributed by atoms with Gasteiger partial charge in [-0.25, -0.2) is 4.39 Å². The molecule has 1 aliphatic heterocycles. The number of nitrogens with one attached hydrogen (secondary N) is 1. The third-order valence-electron chi connectivity index (χ3n) is 3.51. The van der Waals surface area contributed by atoms with Gasteiger partial charge in [0.1, 0.15) is 5.82 Å². The van der Waals surface area contributed by atoms with Gasteiger partial charge in [-0.05, 0) is 30.5 Å². The smallest absolute Gasteiger partial charge is 0.141 e. The Labute approximate surface area is 119 Å². The fourth-order valence-electron chi connectivity index (χ4n) is 2.50. The van der Waals surface area contributed by atoms with E-state index in [4.69, 9.17) is 16.3 Å². The molecule has 1 fully saturated rings. The molecule has 19 heavy (non-hydrogen) atoms. The zero-order valence-corrected chi connectivity index (χ0v) is 12.2. The van der Waals surface area contributed by atoms with Gasteiger partial charge in [0.15, 0.2) is 0 Å². The molecular formula is C15H21ClFNO. The van der Waals surface area contributed by atoms with Crippen molar-refractivity contribution >= 4 is 11.6 Å². The van der Waals surface area contributed by atoms with Crippen molar-refractivity contribution in [1.29, 1.82) is 0 Å². The zero-order chi connectivity index (χ0) is 13.8. The molecule has 106 valence electrons. The van der Waals surface area contributed by atoms with Crippen LogP contribution in [0, 0.1) is 11.7 Å². The number of hydrogen-bond donors (Lipinski definition) is 1. The summed E-state index contributed by atoms with van der Waals surface area (Å²) in [4.78, 5) is 0. The number of benzene rings is 1. The number of halogens is 2. The normalized spacial score (nSPS) is 23.8. The van der Waals surface area contributed by atoms with E-state index in [9.17, 15) is 4.39 Å². The van der Waals surface area contributed by atoms with Gasteiger partial charge in [-0.1, -0.05) is 31.5 Å². The summed E-state index contributed by atoms with van der Waals surface area (Å²) in [7, 11) is 0. The van der Waals surface area contributed by atoms with Crippen LogP contribution in [-0.2, 0) is 4.74 Å². The van der Waals surface area contributed by atoms with Crippen molar-refractivity contribution in [3.8, 4) is 0 Å². The van der Waals surface area contributed by atoms with Gasteiger partial charge >= 0.3 is 0 Å². The second-order valence-corrected chi connectivity index (χ2v) is 5.84. The highest BCUT2D eigenvalue weighted by molar-refractivity contribution is 6.30. The van der Waals surface area contributed by atoms with Crippen LogP contribution in [0.5, 0.6) is 0 Å². The van der Waals surface area contributed by atoms with Gasteiger partial charge in [0.05, 0.1) is 11.1 Å². The van der Waals surface area contributed by atoms with Gasteiger partial charge in [-0.15, -0.1) is 0 Å². The molecule has 0 amide bonds. The van der Waals surface area contributed by atoms with E-state index in [0.29, 0.717) is 12.0 Å². The van der Waals surface area contributed by atoms with Crippen LogP contribution in [-0.4, -0.2) is 19.2 Å². The summed E-state index contributed by atoms with van der Waals surface area (Å²) < 4.78 is 19.1. The van der Waals surface area contributed by atoms with Crippen molar-refractivity contribution in [2.24, 2.45) is 5.92 Å². The second-order valence-electron chi connectivity index (χ2n) is 5.43. The highest BCUT2D eigenvalue weighted by Gasteiger charge is 2.27. The van der Waals surface area contributed by atoms with E-state index in [0.717, 1.165) is 31.6 Å². The first kappa shape index (κ1) is 14.8. The fraction of sp³-hybridized carbons (Fsp3) is 0.600. The Morgan fingerprint density at radius 1 is 1.47 bits per heavy atom. The first-order chi connectivity index (χ1) is 9.08. The molecular weight excluding hydrogens is 265 g/mol. The maximum absolute atomic E-state index is 13.2. The molecule has 0 bridgehead atoms. The summed E-state index contributed by atoms with van der Waals surface area (Å²) >= 11 is 5.86. The molecule has 1 saturated heterocycles. The molecule has 1 aromatic carbocycles. The Balaban J connectivity index is 2.11. The van der Waals surface area contributed by atoms with Crippen LogP contribution < -0.4 is 5.32 Å². The maximum Gasteiger partial charge on any atom is 0.141 e. The molecule has 0 aliphatic carbocycles. The molecule has 0 radical (unpaired) electrons. The number of rotatable bonds is 4. The van der Waals surface area contributed by atoms with Crippen molar-refractivity contribution in [2.45, 2.75) is 38.8 Å². The summed E-state index contributed by atoms with van der Waals surface area (Å²) in [5.41, 5.74) is 0.974. The summed E-state index contributed by atoms with van der Waals surface area (Å²) in [6, 6.07) is 5.34. The molecule has 2 unspecified atom stereocenters. The van der Waals surface area contributed by atoms with E-state index in [1.165, 1.54) is 6.07 Å². The Kier molecular flexibility index (Phi) is 5.20. The Morgan fingerprint density at radius 3 is 2.95 bits per heavy atom. The van der Waals surface area contributed by atoms with E-state index in [-0.39, 0.29) is 16.9 Å². The minimum Gasteiger partial charge on any atom is -0.373 e. The maximum atomic E-state index is 13.2. The lowest BCUT2D eigenvalue weighted by Crippen LogP contribution is -2.35. The highest BCUT2D eigenvalue weighted by atomic mass is 35.5. The van der Waals surface area contributed by atoms with Crippen LogP contribution in [0.4, 0.5) is 4.39 Å². The predicted octanol–water partition coefficient (Wildman–Crippen LogP) is 3.94. The SMILES string of the molecule is CC(C)NCC1CCCOC1c1ccc(F)c(Cl)c1. The molecule has 4 heteroatoms. The van der Waals surface area contributed by atoms with E-state index >= 15 is 0 Å². The van der Waals surface area contributed by atoms with Crippen LogP contribution in [0.2, 0.25) is 5.02 Å². The monoisotopic (exact) mass is 285 g/mol. The lowest BCUT2D eigenvalue weighted by Gasteiger charge is -2.33. The van der Waals surface area contributed by atoms with Gasteiger partial charge in [0.2, 0.25) is 0 Å². The molecule has 1 aromatic rings. The Hall–Kier alpha value is -0.640. The molecule has 1 aliphatic rings.